The van der Waals surface area contributed by atoms with E-state index in [1.165, 1.54) is 18.2 Å². The van der Waals surface area contributed by atoms with Gasteiger partial charge in [0.15, 0.2) is 0 Å². The third-order valence-electron chi connectivity index (χ3n) is 4.46. The van der Waals surface area contributed by atoms with Gasteiger partial charge in [-0.15, -0.1) is 0 Å². The minimum atomic E-state index is -0.640. The van der Waals surface area contributed by atoms with E-state index in [1.54, 1.807) is 19.0 Å². The molecular formula is C17H25F2N3O2. The van der Waals surface area contributed by atoms with Crippen molar-refractivity contribution in [2.45, 2.75) is 43.9 Å². The quantitative estimate of drug-likeness (QED) is 0.769. The van der Waals surface area contributed by atoms with Gasteiger partial charge in [-0.3, -0.25) is 0 Å². The Labute approximate surface area is 141 Å². The van der Waals surface area contributed by atoms with Crippen LogP contribution in [0.2, 0.25) is 0 Å². The number of nitrogens with zero attached hydrogens (tertiary/aromatic N) is 1. The van der Waals surface area contributed by atoms with Crippen molar-refractivity contribution in [3.63, 3.8) is 0 Å². The van der Waals surface area contributed by atoms with E-state index < -0.39 is 29.8 Å². The lowest BCUT2D eigenvalue weighted by atomic mass is 9.93. The van der Waals surface area contributed by atoms with Crippen LogP contribution in [-0.2, 0) is 0 Å². The van der Waals surface area contributed by atoms with Gasteiger partial charge in [-0.25, -0.2) is 13.6 Å². The van der Waals surface area contributed by atoms with E-state index in [4.69, 9.17) is 0 Å². The normalized spacial score (nSPS) is 22.2. The van der Waals surface area contributed by atoms with Crippen molar-refractivity contribution >= 4 is 6.03 Å². The van der Waals surface area contributed by atoms with Gasteiger partial charge in [-0.05, 0) is 39.1 Å². The van der Waals surface area contributed by atoms with Crippen LogP contribution in [0.3, 0.4) is 0 Å². The summed E-state index contributed by atoms with van der Waals surface area (Å²) in [6.07, 6.45) is 2.77. The van der Waals surface area contributed by atoms with Crippen molar-refractivity contribution < 1.29 is 18.7 Å². The second-order valence-electron chi connectivity index (χ2n) is 6.43. The average molecular weight is 341 g/mol. The Hall–Kier alpha value is -1.73. The molecule has 1 aliphatic carbocycles. The van der Waals surface area contributed by atoms with Crippen LogP contribution in [0.1, 0.15) is 37.3 Å². The first-order valence-electron chi connectivity index (χ1n) is 8.23. The Morgan fingerprint density at radius 2 is 1.92 bits per heavy atom. The number of likely N-dealkylation sites (N-methyl/N-ethyl adjacent to an activating group) is 1. The highest BCUT2D eigenvalue weighted by molar-refractivity contribution is 5.74. The fourth-order valence-corrected chi connectivity index (χ4v) is 3.06. The summed E-state index contributed by atoms with van der Waals surface area (Å²) in [5.41, 5.74) is -0.0690. The highest BCUT2D eigenvalue weighted by Gasteiger charge is 2.26. The number of amides is 2. The molecule has 0 heterocycles. The third-order valence-corrected chi connectivity index (χ3v) is 4.46. The smallest absolute Gasteiger partial charge is 0.315 e. The highest BCUT2D eigenvalue weighted by Crippen LogP contribution is 2.24. The summed E-state index contributed by atoms with van der Waals surface area (Å²) in [5.74, 6) is -1.28. The van der Waals surface area contributed by atoms with Gasteiger partial charge in [0.05, 0.1) is 18.2 Å². The van der Waals surface area contributed by atoms with E-state index >= 15 is 0 Å². The molecule has 3 unspecified atom stereocenters. The molecule has 3 N–H and O–H groups in total. The zero-order valence-corrected chi connectivity index (χ0v) is 14.1. The summed E-state index contributed by atoms with van der Waals surface area (Å²) in [5, 5.41) is 15.3. The molecular weight excluding hydrogens is 316 g/mol. The Morgan fingerprint density at radius 3 is 2.50 bits per heavy atom. The van der Waals surface area contributed by atoms with Crippen LogP contribution >= 0.6 is 0 Å². The van der Waals surface area contributed by atoms with Gasteiger partial charge >= 0.3 is 6.03 Å². The monoisotopic (exact) mass is 341 g/mol. The zero-order chi connectivity index (χ0) is 17.7. The first-order chi connectivity index (χ1) is 11.4. The van der Waals surface area contributed by atoms with E-state index in [1.807, 2.05) is 0 Å². The number of aliphatic hydroxyl groups is 1. The molecule has 1 fully saturated rings. The van der Waals surface area contributed by atoms with Gasteiger partial charge in [0.1, 0.15) is 11.6 Å². The molecule has 0 saturated heterocycles. The number of carbonyl (C=O) groups is 1. The Morgan fingerprint density at radius 1 is 1.29 bits per heavy atom. The minimum Gasteiger partial charge on any atom is -0.391 e. The van der Waals surface area contributed by atoms with Crippen LogP contribution in [-0.4, -0.2) is 48.8 Å². The SMILES string of the molecule is CN(C)C(CNC(=O)NC1CCCCC1O)c1c(F)cccc1F. The second kappa shape index (κ2) is 8.39. The maximum absolute atomic E-state index is 14.0. The van der Waals surface area contributed by atoms with Gasteiger partial charge in [-0.1, -0.05) is 18.9 Å². The predicted octanol–water partition coefficient (Wildman–Crippen LogP) is 2.17. The van der Waals surface area contributed by atoms with Crippen LogP contribution in [0.4, 0.5) is 13.6 Å². The molecule has 0 radical (unpaired) electrons. The summed E-state index contributed by atoms with van der Waals surface area (Å²) in [6, 6.07) is 2.37. The summed E-state index contributed by atoms with van der Waals surface area (Å²) in [7, 11) is 3.39. The van der Waals surface area contributed by atoms with Gasteiger partial charge < -0.3 is 20.6 Å². The number of urea groups is 1. The molecule has 0 aliphatic heterocycles. The fourth-order valence-electron chi connectivity index (χ4n) is 3.06. The lowest BCUT2D eigenvalue weighted by Gasteiger charge is -2.29. The average Bonchev–Trinajstić information content (AvgIpc) is 2.52. The molecule has 1 saturated carbocycles. The Bertz CT molecular complexity index is 549. The molecule has 2 amide bonds. The highest BCUT2D eigenvalue weighted by atomic mass is 19.1. The summed E-state index contributed by atoms with van der Waals surface area (Å²) in [6.45, 7) is 0.0551. The summed E-state index contributed by atoms with van der Waals surface area (Å²) < 4.78 is 28.0. The van der Waals surface area contributed by atoms with Crippen LogP contribution in [0.25, 0.3) is 0 Å². The van der Waals surface area contributed by atoms with Crippen molar-refractivity contribution in [1.29, 1.82) is 0 Å². The van der Waals surface area contributed by atoms with Crippen molar-refractivity contribution in [1.82, 2.24) is 15.5 Å². The first-order valence-corrected chi connectivity index (χ1v) is 8.23. The predicted molar refractivity (Wildman–Crippen MR) is 87.6 cm³/mol. The Balaban J connectivity index is 1.97. The number of nitrogens with one attached hydrogen (secondary N) is 2. The van der Waals surface area contributed by atoms with Gasteiger partial charge in [-0.2, -0.15) is 0 Å². The molecule has 1 aromatic carbocycles. The van der Waals surface area contributed by atoms with E-state index in [-0.39, 0.29) is 18.2 Å². The number of aliphatic hydroxyl groups excluding tert-OH is 1. The summed E-state index contributed by atoms with van der Waals surface area (Å²) in [4.78, 5) is 13.7. The molecule has 1 aromatic rings. The van der Waals surface area contributed by atoms with Crippen molar-refractivity contribution in [2.75, 3.05) is 20.6 Å². The molecule has 0 spiro atoms. The first kappa shape index (κ1) is 18.6. The number of carbonyl (C=O) groups excluding carboxylic acids is 1. The molecule has 134 valence electrons. The van der Waals surface area contributed by atoms with Gasteiger partial charge in [0.2, 0.25) is 0 Å². The minimum absolute atomic E-state index is 0.0551. The zero-order valence-electron chi connectivity index (χ0n) is 14.1. The maximum atomic E-state index is 14.0. The van der Waals surface area contributed by atoms with E-state index in [9.17, 15) is 18.7 Å². The number of halogens is 2. The molecule has 5 nitrogen and oxygen atoms in total. The fraction of sp³-hybridized carbons (Fsp3) is 0.588. The lowest BCUT2D eigenvalue weighted by Crippen LogP contribution is -2.50. The topological polar surface area (TPSA) is 64.6 Å². The molecule has 3 atom stereocenters. The van der Waals surface area contributed by atoms with Crippen molar-refractivity contribution in [3.8, 4) is 0 Å². The summed E-state index contributed by atoms with van der Waals surface area (Å²) >= 11 is 0. The van der Waals surface area contributed by atoms with Crippen molar-refractivity contribution in [3.05, 3.63) is 35.4 Å². The molecule has 7 heteroatoms. The number of benzene rings is 1. The van der Waals surface area contributed by atoms with E-state index in [2.05, 4.69) is 10.6 Å². The number of hydrogen-bond donors (Lipinski definition) is 3. The molecule has 24 heavy (non-hydrogen) atoms. The molecule has 2 rings (SSSR count). The molecule has 0 bridgehead atoms. The molecule has 0 aromatic heterocycles. The standard InChI is InChI=1S/C17H25F2N3O2/c1-22(2)14(16-11(18)6-5-7-12(16)19)10-20-17(24)21-13-8-3-4-9-15(13)23/h5-7,13-15,23H,3-4,8-10H2,1-2H3,(H2,20,21,24). The number of hydrogen-bond acceptors (Lipinski definition) is 3. The van der Waals surface area contributed by atoms with Crippen LogP contribution < -0.4 is 10.6 Å². The third kappa shape index (κ3) is 4.64. The lowest BCUT2D eigenvalue weighted by molar-refractivity contribution is 0.0941. The van der Waals surface area contributed by atoms with Crippen LogP contribution in [0.5, 0.6) is 0 Å². The van der Waals surface area contributed by atoms with E-state index in [0.29, 0.717) is 6.42 Å². The Kier molecular flexibility index (Phi) is 6.51. The van der Waals surface area contributed by atoms with Gasteiger partial charge in [0.25, 0.3) is 0 Å². The second-order valence-corrected chi connectivity index (χ2v) is 6.43. The molecule has 1 aliphatic rings. The van der Waals surface area contributed by atoms with Crippen LogP contribution in [0, 0.1) is 11.6 Å². The van der Waals surface area contributed by atoms with Gasteiger partial charge in [0, 0.05) is 12.1 Å². The van der Waals surface area contributed by atoms with E-state index in [0.717, 1.165) is 19.3 Å². The van der Waals surface area contributed by atoms with Crippen LogP contribution in [0.15, 0.2) is 18.2 Å². The maximum Gasteiger partial charge on any atom is 0.315 e. The van der Waals surface area contributed by atoms with Crippen molar-refractivity contribution in [2.24, 2.45) is 0 Å². The number of rotatable bonds is 5. The largest absolute Gasteiger partial charge is 0.391 e.